The smallest absolute Gasteiger partial charge is 0.309 e. The van der Waals surface area contributed by atoms with Crippen molar-refractivity contribution < 1.29 is 14.3 Å². The van der Waals surface area contributed by atoms with Gasteiger partial charge in [0.15, 0.2) is 0 Å². The highest BCUT2D eigenvalue weighted by atomic mass is 16.5. The van der Waals surface area contributed by atoms with Crippen LogP contribution in [0.2, 0.25) is 0 Å². The molecule has 0 aromatic carbocycles. The van der Waals surface area contributed by atoms with Crippen LogP contribution in [-0.2, 0) is 14.3 Å². The summed E-state index contributed by atoms with van der Waals surface area (Å²) in [6.45, 7) is 9.46. The molecule has 0 saturated carbocycles. The molecule has 144 valence electrons. The van der Waals surface area contributed by atoms with Gasteiger partial charge in [-0.15, -0.1) is 0 Å². The average Bonchev–Trinajstić information content (AvgIpc) is 2.62. The molecule has 25 heavy (non-hydrogen) atoms. The minimum atomic E-state index is -0.0815. The molecule has 4 nitrogen and oxygen atoms in total. The van der Waals surface area contributed by atoms with Crippen LogP contribution < -0.4 is 0 Å². The molecule has 4 heteroatoms. The first-order chi connectivity index (χ1) is 12.1. The molecule has 1 aliphatic rings. The molecule has 1 saturated heterocycles. The van der Waals surface area contributed by atoms with Crippen molar-refractivity contribution in [1.82, 2.24) is 4.90 Å². The number of likely N-dealkylation sites (tertiary alicyclic amines) is 1. The van der Waals surface area contributed by atoms with Gasteiger partial charge in [0.25, 0.3) is 0 Å². The number of nitrogens with zero attached hydrogens (tertiary/aromatic N) is 1. The Balaban J connectivity index is 2.01. The number of unbranched alkanes of at least 4 members (excludes halogenated alkanes) is 8. The zero-order valence-corrected chi connectivity index (χ0v) is 16.4. The van der Waals surface area contributed by atoms with E-state index in [-0.39, 0.29) is 17.8 Å². The standard InChI is InChI=1S/C21H37NO3/c1-4-5-6-7-8-9-10-11-12-17-25-21(24)19-13-15-22(16-14-19)20(23)18(2)3/h19H,2,4-17H2,1,3H3. The Morgan fingerprint density at radius 3 is 2.00 bits per heavy atom. The minimum absolute atomic E-state index is 0.00140. The Bertz CT molecular complexity index is 411. The lowest BCUT2D eigenvalue weighted by Gasteiger charge is -2.31. The molecule has 1 amide bonds. The SMILES string of the molecule is C=C(C)C(=O)N1CCC(C(=O)OCCCCCCCCCCC)CC1. The van der Waals surface area contributed by atoms with Crippen LogP contribution in [0.1, 0.15) is 84.5 Å². The number of carbonyl (C=O) groups is 2. The van der Waals surface area contributed by atoms with Crippen molar-refractivity contribution in [1.29, 1.82) is 0 Å². The van der Waals surface area contributed by atoms with E-state index >= 15 is 0 Å². The molecule has 0 aliphatic carbocycles. The molecule has 0 aromatic heterocycles. The summed E-state index contributed by atoms with van der Waals surface area (Å²) in [5.74, 6) is -0.128. The molecule has 0 aromatic rings. The molecule has 0 atom stereocenters. The second-order valence-corrected chi connectivity index (χ2v) is 7.34. The molecular weight excluding hydrogens is 314 g/mol. The maximum absolute atomic E-state index is 12.1. The largest absolute Gasteiger partial charge is 0.465 e. The van der Waals surface area contributed by atoms with Gasteiger partial charge < -0.3 is 9.64 Å². The number of hydrogen-bond donors (Lipinski definition) is 0. The Labute approximate surface area is 154 Å². The molecular formula is C21H37NO3. The third kappa shape index (κ3) is 9.08. The molecule has 0 radical (unpaired) electrons. The molecule has 0 N–H and O–H groups in total. The van der Waals surface area contributed by atoms with Crippen LogP contribution in [-0.4, -0.2) is 36.5 Å². The normalized spacial score (nSPS) is 15.2. The molecule has 0 spiro atoms. The molecule has 1 aliphatic heterocycles. The lowest BCUT2D eigenvalue weighted by atomic mass is 9.96. The molecule has 1 rings (SSSR count). The van der Waals surface area contributed by atoms with Gasteiger partial charge in [0.2, 0.25) is 5.91 Å². The van der Waals surface area contributed by atoms with Gasteiger partial charge in [0, 0.05) is 18.7 Å². The minimum Gasteiger partial charge on any atom is -0.465 e. The monoisotopic (exact) mass is 351 g/mol. The number of piperidine rings is 1. The van der Waals surface area contributed by atoms with Crippen molar-refractivity contribution in [3.63, 3.8) is 0 Å². The average molecular weight is 352 g/mol. The topological polar surface area (TPSA) is 46.6 Å². The zero-order chi connectivity index (χ0) is 18.5. The predicted octanol–water partition coefficient (Wildman–Crippen LogP) is 4.88. The molecule has 1 fully saturated rings. The number of rotatable bonds is 12. The first-order valence-electron chi connectivity index (χ1n) is 10.2. The zero-order valence-electron chi connectivity index (χ0n) is 16.4. The summed E-state index contributed by atoms with van der Waals surface area (Å²) in [7, 11) is 0. The Kier molecular flexibility index (Phi) is 11.3. The number of hydrogen-bond acceptors (Lipinski definition) is 3. The van der Waals surface area contributed by atoms with Crippen LogP contribution in [0.5, 0.6) is 0 Å². The van der Waals surface area contributed by atoms with Crippen molar-refractivity contribution >= 4 is 11.9 Å². The van der Waals surface area contributed by atoms with E-state index in [0.29, 0.717) is 38.1 Å². The summed E-state index contributed by atoms with van der Waals surface area (Å²) >= 11 is 0. The van der Waals surface area contributed by atoms with E-state index in [2.05, 4.69) is 13.5 Å². The van der Waals surface area contributed by atoms with E-state index in [1.165, 1.54) is 44.9 Å². The van der Waals surface area contributed by atoms with Crippen LogP contribution in [0.25, 0.3) is 0 Å². The maximum atomic E-state index is 12.1. The van der Waals surface area contributed by atoms with E-state index in [1.807, 2.05) is 0 Å². The fourth-order valence-electron chi connectivity index (χ4n) is 3.29. The van der Waals surface area contributed by atoms with E-state index in [9.17, 15) is 9.59 Å². The summed E-state index contributed by atoms with van der Waals surface area (Å²) in [4.78, 5) is 25.7. The maximum Gasteiger partial charge on any atom is 0.309 e. The lowest BCUT2D eigenvalue weighted by Crippen LogP contribution is -2.40. The highest BCUT2D eigenvalue weighted by molar-refractivity contribution is 5.92. The Morgan fingerprint density at radius 1 is 0.960 bits per heavy atom. The highest BCUT2D eigenvalue weighted by Crippen LogP contribution is 2.20. The van der Waals surface area contributed by atoms with Crippen LogP contribution >= 0.6 is 0 Å². The van der Waals surface area contributed by atoms with E-state index < -0.39 is 0 Å². The number of amides is 1. The summed E-state index contributed by atoms with van der Waals surface area (Å²) in [5.41, 5.74) is 0.561. The van der Waals surface area contributed by atoms with Gasteiger partial charge in [0.1, 0.15) is 0 Å². The van der Waals surface area contributed by atoms with Gasteiger partial charge in [-0.3, -0.25) is 9.59 Å². The quantitative estimate of drug-likeness (QED) is 0.286. The van der Waals surface area contributed by atoms with Gasteiger partial charge in [-0.2, -0.15) is 0 Å². The van der Waals surface area contributed by atoms with Crippen molar-refractivity contribution in [2.45, 2.75) is 84.5 Å². The van der Waals surface area contributed by atoms with E-state index in [4.69, 9.17) is 4.74 Å². The van der Waals surface area contributed by atoms with Crippen LogP contribution in [0.3, 0.4) is 0 Å². The van der Waals surface area contributed by atoms with E-state index in [0.717, 1.165) is 12.8 Å². The van der Waals surface area contributed by atoms with Crippen molar-refractivity contribution in [3.8, 4) is 0 Å². The van der Waals surface area contributed by atoms with Crippen LogP contribution in [0, 0.1) is 5.92 Å². The van der Waals surface area contributed by atoms with Gasteiger partial charge in [0.05, 0.1) is 12.5 Å². The van der Waals surface area contributed by atoms with Crippen molar-refractivity contribution in [3.05, 3.63) is 12.2 Å². The molecule has 0 unspecified atom stereocenters. The van der Waals surface area contributed by atoms with Gasteiger partial charge >= 0.3 is 5.97 Å². The number of ether oxygens (including phenoxy) is 1. The third-order valence-electron chi connectivity index (χ3n) is 4.97. The summed E-state index contributed by atoms with van der Waals surface area (Å²) in [5, 5.41) is 0. The van der Waals surface area contributed by atoms with Gasteiger partial charge in [-0.05, 0) is 26.2 Å². The van der Waals surface area contributed by atoms with Gasteiger partial charge in [-0.25, -0.2) is 0 Å². The van der Waals surface area contributed by atoms with E-state index in [1.54, 1.807) is 11.8 Å². The van der Waals surface area contributed by atoms with Crippen LogP contribution in [0.15, 0.2) is 12.2 Å². The fourth-order valence-corrected chi connectivity index (χ4v) is 3.29. The number of carbonyl (C=O) groups excluding carboxylic acids is 2. The summed E-state index contributed by atoms with van der Waals surface area (Å²) in [6.07, 6.45) is 12.8. The fraction of sp³-hybridized carbons (Fsp3) is 0.810. The predicted molar refractivity (Wildman–Crippen MR) is 102 cm³/mol. The molecule has 1 heterocycles. The van der Waals surface area contributed by atoms with Crippen LogP contribution in [0.4, 0.5) is 0 Å². The first-order valence-corrected chi connectivity index (χ1v) is 10.2. The summed E-state index contributed by atoms with van der Waals surface area (Å²) < 4.78 is 5.42. The number of esters is 1. The van der Waals surface area contributed by atoms with Gasteiger partial charge in [-0.1, -0.05) is 64.9 Å². The molecule has 0 bridgehead atoms. The first kappa shape index (κ1) is 21.7. The van der Waals surface area contributed by atoms with Crippen molar-refractivity contribution in [2.75, 3.05) is 19.7 Å². The summed E-state index contributed by atoms with van der Waals surface area (Å²) in [6, 6.07) is 0. The third-order valence-corrected chi connectivity index (χ3v) is 4.97. The second kappa shape index (κ2) is 13.0. The van der Waals surface area contributed by atoms with Crippen molar-refractivity contribution in [2.24, 2.45) is 5.92 Å². The Morgan fingerprint density at radius 2 is 1.48 bits per heavy atom. The lowest BCUT2D eigenvalue weighted by molar-refractivity contribution is -0.151. The second-order valence-electron chi connectivity index (χ2n) is 7.34. The Hall–Kier alpha value is -1.32. The highest BCUT2D eigenvalue weighted by Gasteiger charge is 2.28.